The van der Waals surface area contributed by atoms with E-state index in [0.29, 0.717) is 5.95 Å². The number of anilines is 1. The molecule has 1 unspecified atom stereocenters. The SMILES string of the molecule is Cc1nc(NC(=O)C2CCCN2)ncc1Br. The first-order chi connectivity index (χ1) is 7.66. The summed E-state index contributed by atoms with van der Waals surface area (Å²) in [6.45, 7) is 2.76. The van der Waals surface area contributed by atoms with E-state index >= 15 is 0 Å². The van der Waals surface area contributed by atoms with Crippen LogP contribution in [0.1, 0.15) is 18.5 Å². The van der Waals surface area contributed by atoms with Crippen LogP contribution < -0.4 is 10.6 Å². The topological polar surface area (TPSA) is 66.9 Å². The number of aryl methyl sites for hydroxylation is 1. The third-order valence-corrected chi connectivity index (χ3v) is 3.31. The molecule has 0 radical (unpaired) electrons. The molecule has 16 heavy (non-hydrogen) atoms. The van der Waals surface area contributed by atoms with E-state index < -0.39 is 0 Å². The molecule has 0 spiro atoms. The predicted molar refractivity (Wildman–Crippen MR) is 64.1 cm³/mol. The number of hydrogen-bond donors (Lipinski definition) is 2. The second-order valence-electron chi connectivity index (χ2n) is 3.77. The highest BCUT2D eigenvalue weighted by Gasteiger charge is 2.22. The quantitative estimate of drug-likeness (QED) is 0.858. The fourth-order valence-corrected chi connectivity index (χ4v) is 1.81. The van der Waals surface area contributed by atoms with Gasteiger partial charge in [0, 0.05) is 6.20 Å². The Bertz CT molecular complexity index is 404. The summed E-state index contributed by atoms with van der Waals surface area (Å²) in [6, 6.07) is -0.104. The molecule has 1 fully saturated rings. The molecule has 2 heterocycles. The van der Waals surface area contributed by atoms with Crippen LogP contribution >= 0.6 is 15.9 Å². The highest BCUT2D eigenvalue weighted by molar-refractivity contribution is 9.10. The second-order valence-corrected chi connectivity index (χ2v) is 4.62. The zero-order valence-electron chi connectivity index (χ0n) is 8.96. The minimum Gasteiger partial charge on any atom is -0.306 e. The van der Waals surface area contributed by atoms with E-state index in [1.54, 1.807) is 6.20 Å². The molecule has 86 valence electrons. The summed E-state index contributed by atoms with van der Waals surface area (Å²) >= 11 is 3.31. The van der Waals surface area contributed by atoms with E-state index in [0.717, 1.165) is 29.6 Å². The zero-order chi connectivity index (χ0) is 11.5. The average molecular weight is 285 g/mol. The van der Waals surface area contributed by atoms with Gasteiger partial charge in [0.05, 0.1) is 16.2 Å². The van der Waals surface area contributed by atoms with Crippen LogP contribution in [0, 0.1) is 6.92 Å². The van der Waals surface area contributed by atoms with Crippen LogP contribution in [-0.2, 0) is 4.79 Å². The Hall–Kier alpha value is -1.01. The average Bonchev–Trinajstić information content (AvgIpc) is 2.77. The maximum atomic E-state index is 11.7. The molecule has 1 amide bonds. The van der Waals surface area contributed by atoms with Gasteiger partial charge in [0.1, 0.15) is 0 Å². The maximum absolute atomic E-state index is 11.7. The highest BCUT2D eigenvalue weighted by atomic mass is 79.9. The Balaban J connectivity index is 2.02. The van der Waals surface area contributed by atoms with Crippen molar-refractivity contribution in [2.75, 3.05) is 11.9 Å². The maximum Gasteiger partial charge on any atom is 0.243 e. The monoisotopic (exact) mass is 284 g/mol. The predicted octanol–water partition coefficient (Wildman–Crippen LogP) is 1.24. The minimum atomic E-state index is -0.104. The van der Waals surface area contributed by atoms with Crippen molar-refractivity contribution in [3.05, 3.63) is 16.4 Å². The van der Waals surface area contributed by atoms with Gasteiger partial charge in [0.15, 0.2) is 0 Å². The summed E-state index contributed by atoms with van der Waals surface area (Å²) in [7, 11) is 0. The van der Waals surface area contributed by atoms with E-state index in [9.17, 15) is 4.79 Å². The second kappa shape index (κ2) is 4.88. The van der Waals surface area contributed by atoms with Crippen molar-refractivity contribution in [3.63, 3.8) is 0 Å². The Labute approximate surface area is 102 Å². The summed E-state index contributed by atoms with van der Waals surface area (Å²) in [5.74, 6) is 0.304. The summed E-state index contributed by atoms with van der Waals surface area (Å²) in [5, 5.41) is 5.83. The van der Waals surface area contributed by atoms with Crippen LogP contribution in [-0.4, -0.2) is 28.5 Å². The van der Waals surface area contributed by atoms with Crippen molar-refractivity contribution < 1.29 is 4.79 Å². The van der Waals surface area contributed by atoms with Gasteiger partial charge in [-0.05, 0) is 42.2 Å². The molecule has 0 aromatic carbocycles. The van der Waals surface area contributed by atoms with Gasteiger partial charge in [-0.2, -0.15) is 0 Å². The molecule has 1 aromatic rings. The lowest BCUT2D eigenvalue weighted by atomic mass is 10.2. The third-order valence-electron chi connectivity index (χ3n) is 2.53. The number of nitrogens with one attached hydrogen (secondary N) is 2. The molecule has 6 heteroatoms. The highest BCUT2D eigenvalue weighted by Crippen LogP contribution is 2.14. The lowest BCUT2D eigenvalue weighted by Gasteiger charge is -2.10. The van der Waals surface area contributed by atoms with Crippen molar-refractivity contribution in [3.8, 4) is 0 Å². The van der Waals surface area contributed by atoms with Crippen molar-refractivity contribution >= 4 is 27.8 Å². The van der Waals surface area contributed by atoms with Crippen LogP contribution in [0.5, 0.6) is 0 Å². The lowest BCUT2D eigenvalue weighted by molar-refractivity contribution is -0.117. The molecule has 5 nitrogen and oxygen atoms in total. The van der Waals surface area contributed by atoms with Crippen LogP contribution in [0.3, 0.4) is 0 Å². The van der Waals surface area contributed by atoms with Crippen LogP contribution in [0.25, 0.3) is 0 Å². The minimum absolute atomic E-state index is 0.0563. The van der Waals surface area contributed by atoms with E-state index in [1.807, 2.05) is 6.92 Å². The molecule has 0 bridgehead atoms. The van der Waals surface area contributed by atoms with E-state index in [4.69, 9.17) is 0 Å². The summed E-state index contributed by atoms with van der Waals surface area (Å²) < 4.78 is 0.837. The number of halogens is 1. The Kier molecular flexibility index (Phi) is 3.50. The first-order valence-corrected chi connectivity index (χ1v) is 5.99. The van der Waals surface area contributed by atoms with E-state index in [1.165, 1.54) is 0 Å². The number of aromatic nitrogens is 2. The Morgan fingerprint density at radius 1 is 1.69 bits per heavy atom. The Morgan fingerprint density at radius 2 is 2.50 bits per heavy atom. The largest absolute Gasteiger partial charge is 0.306 e. The number of rotatable bonds is 2. The van der Waals surface area contributed by atoms with Gasteiger partial charge in [-0.3, -0.25) is 10.1 Å². The van der Waals surface area contributed by atoms with Crippen molar-refractivity contribution in [1.29, 1.82) is 0 Å². The molecular weight excluding hydrogens is 272 g/mol. The Morgan fingerprint density at radius 3 is 3.12 bits per heavy atom. The third kappa shape index (κ3) is 2.56. The van der Waals surface area contributed by atoms with E-state index in [2.05, 4.69) is 36.5 Å². The number of amides is 1. The molecule has 1 aliphatic heterocycles. The van der Waals surface area contributed by atoms with Gasteiger partial charge in [0.2, 0.25) is 11.9 Å². The van der Waals surface area contributed by atoms with Gasteiger partial charge < -0.3 is 5.32 Å². The van der Waals surface area contributed by atoms with Crippen molar-refractivity contribution in [2.24, 2.45) is 0 Å². The van der Waals surface area contributed by atoms with Crippen molar-refractivity contribution in [2.45, 2.75) is 25.8 Å². The lowest BCUT2D eigenvalue weighted by Crippen LogP contribution is -2.36. The molecule has 2 rings (SSSR count). The molecule has 1 atom stereocenters. The fraction of sp³-hybridized carbons (Fsp3) is 0.500. The number of carbonyl (C=O) groups is 1. The van der Waals surface area contributed by atoms with Gasteiger partial charge >= 0.3 is 0 Å². The van der Waals surface area contributed by atoms with Gasteiger partial charge in [0.25, 0.3) is 0 Å². The zero-order valence-corrected chi connectivity index (χ0v) is 10.5. The smallest absolute Gasteiger partial charge is 0.243 e. The molecule has 1 saturated heterocycles. The molecule has 0 saturated carbocycles. The van der Waals surface area contributed by atoms with Gasteiger partial charge in [-0.25, -0.2) is 9.97 Å². The molecule has 0 aliphatic carbocycles. The van der Waals surface area contributed by atoms with Crippen LogP contribution in [0.2, 0.25) is 0 Å². The summed E-state index contributed by atoms with van der Waals surface area (Å²) in [4.78, 5) is 19.9. The first kappa shape index (κ1) is 11.5. The van der Waals surface area contributed by atoms with Crippen LogP contribution in [0.15, 0.2) is 10.7 Å². The molecule has 1 aliphatic rings. The number of hydrogen-bond acceptors (Lipinski definition) is 4. The fourth-order valence-electron chi connectivity index (χ4n) is 1.62. The number of nitrogens with zero attached hydrogens (tertiary/aromatic N) is 2. The first-order valence-electron chi connectivity index (χ1n) is 5.20. The molecular formula is C10H13BrN4O. The van der Waals surface area contributed by atoms with Crippen LogP contribution in [0.4, 0.5) is 5.95 Å². The summed E-state index contributed by atoms with van der Waals surface area (Å²) in [6.07, 6.45) is 3.56. The van der Waals surface area contributed by atoms with Crippen molar-refractivity contribution in [1.82, 2.24) is 15.3 Å². The molecule has 2 N–H and O–H groups in total. The van der Waals surface area contributed by atoms with Gasteiger partial charge in [-0.1, -0.05) is 0 Å². The van der Waals surface area contributed by atoms with E-state index in [-0.39, 0.29) is 11.9 Å². The number of carbonyl (C=O) groups excluding carboxylic acids is 1. The normalized spacial score (nSPS) is 19.8. The molecule has 1 aromatic heterocycles. The summed E-state index contributed by atoms with van der Waals surface area (Å²) in [5.41, 5.74) is 0.810. The van der Waals surface area contributed by atoms with Gasteiger partial charge in [-0.15, -0.1) is 0 Å². The standard InChI is InChI=1S/C10H13BrN4O/c1-6-7(11)5-13-10(14-6)15-9(16)8-3-2-4-12-8/h5,8,12H,2-4H2,1H3,(H,13,14,15,16).